The quantitative estimate of drug-likeness (QED) is 0.148. The molecule has 324 valence electrons. The molecule has 1 aromatic rings. The summed E-state index contributed by atoms with van der Waals surface area (Å²) in [7, 11) is 8.57. The number of nitrogens with one attached hydrogen (secondary N) is 2. The van der Waals surface area contributed by atoms with Gasteiger partial charge in [0.2, 0.25) is 23.6 Å². The summed E-state index contributed by atoms with van der Waals surface area (Å²) >= 11 is 0. The first-order valence-corrected chi connectivity index (χ1v) is 21.0. The Hall–Kier alpha value is -3.06. The number of hydrogen-bond donors (Lipinski definition) is 3. The largest absolute Gasteiger partial charge is 0.386 e. The monoisotopic (exact) mass is 792 g/mol. The number of nitrogens with zero attached hydrogens (tertiary/aromatic N) is 3. The molecule has 0 bridgehead atoms. The number of likely N-dealkylation sites (N-methyl/N-ethyl adjacent to an activating group) is 2. The minimum atomic E-state index is -0.876. The number of aliphatic hydroxyl groups is 1. The number of carbonyl (C=O) groups excluding carboxylic acids is 4. The van der Waals surface area contributed by atoms with Gasteiger partial charge in [0.25, 0.3) is 0 Å². The molecule has 0 aliphatic carbocycles. The normalized spacial score (nSPS) is 18.9. The predicted molar refractivity (Wildman–Crippen MR) is 227 cm³/mol. The van der Waals surface area contributed by atoms with Gasteiger partial charge < -0.3 is 35.0 Å². The standard InChI is InChI=1S/C40H69N5O7.2C2H6/c1-14-26(6)35(44(11)40(50)33(24(2)3)42-39(49)34(25(4)5)43(9)10)31(51-12)23-32(46)45-22-18-21-30(45)37(52-13)27(7)38(48)41-28(8)36(47)29-19-16-15-17-20-29;2*1-2/h15-17,19-20,24-28,30-31,33-37,47H,14,18,21-23H2,1-13H3,(H,41,48)(H,42,49);2*1-2H3/t26-,27+,28+,30-,31+,33-,34-,35-,36+,37+;;/m0../s1. The first-order valence-electron chi connectivity index (χ1n) is 21.0. The van der Waals surface area contributed by atoms with Gasteiger partial charge in [0.05, 0.1) is 54.8 Å². The van der Waals surface area contributed by atoms with E-state index in [0.717, 1.165) is 12.8 Å². The smallest absolute Gasteiger partial charge is 0.245 e. The fraction of sp³-hybridized carbons (Fsp3) is 0.773. The number of amides is 4. The number of carbonyl (C=O) groups is 4. The van der Waals surface area contributed by atoms with Crippen LogP contribution in [0.3, 0.4) is 0 Å². The fourth-order valence-electron chi connectivity index (χ4n) is 7.78. The van der Waals surface area contributed by atoms with Gasteiger partial charge in [-0.25, -0.2) is 0 Å². The van der Waals surface area contributed by atoms with Crippen LogP contribution >= 0.6 is 0 Å². The van der Waals surface area contributed by atoms with Crippen LogP contribution in [0.25, 0.3) is 0 Å². The minimum absolute atomic E-state index is 0.0153. The topological polar surface area (TPSA) is 141 Å². The molecule has 0 unspecified atom stereocenters. The molecule has 0 aromatic heterocycles. The Morgan fingerprint density at radius 1 is 0.857 bits per heavy atom. The number of rotatable bonds is 20. The lowest BCUT2D eigenvalue weighted by Crippen LogP contribution is -2.59. The molecule has 12 heteroatoms. The van der Waals surface area contributed by atoms with Gasteiger partial charge in [-0.3, -0.25) is 24.1 Å². The lowest BCUT2D eigenvalue weighted by atomic mass is 9.89. The SMILES string of the molecule is CC.CC.CC[C@H](C)[C@@H]([C@@H](CC(=O)N1CCC[C@H]1[C@H](OC)[C@@H](C)C(=O)N[C@H](C)[C@@H](O)c1ccccc1)OC)N(C)C(=O)[C@@H](NC(=O)[C@H](C(C)C)N(C)C)C(C)C. The van der Waals surface area contributed by atoms with Gasteiger partial charge in [-0.1, -0.05) is 113 Å². The molecular weight excluding hydrogens is 711 g/mol. The fourth-order valence-corrected chi connectivity index (χ4v) is 7.78. The zero-order chi connectivity index (χ0) is 43.4. The van der Waals surface area contributed by atoms with Crippen molar-refractivity contribution in [3.05, 3.63) is 35.9 Å². The van der Waals surface area contributed by atoms with Crippen molar-refractivity contribution in [1.82, 2.24) is 25.3 Å². The molecule has 0 saturated carbocycles. The molecule has 12 nitrogen and oxygen atoms in total. The van der Waals surface area contributed by atoms with Gasteiger partial charge in [0, 0.05) is 27.8 Å². The molecule has 3 N–H and O–H groups in total. The summed E-state index contributed by atoms with van der Waals surface area (Å²) in [4.78, 5) is 60.6. The highest BCUT2D eigenvalue weighted by Gasteiger charge is 2.43. The third-order valence-corrected chi connectivity index (χ3v) is 10.9. The second-order valence-electron chi connectivity index (χ2n) is 15.6. The predicted octanol–water partition coefficient (Wildman–Crippen LogP) is 5.92. The first kappa shape index (κ1) is 52.9. The number of methoxy groups -OCH3 is 2. The molecule has 4 amide bonds. The summed E-state index contributed by atoms with van der Waals surface area (Å²) in [6, 6.07) is 6.72. The Bertz CT molecular complexity index is 1270. The van der Waals surface area contributed by atoms with Crippen molar-refractivity contribution in [3.8, 4) is 0 Å². The zero-order valence-electron chi connectivity index (χ0n) is 38.1. The van der Waals surface area contributed by atoms with Gasteiger partial charge in [0.1, 0.15) is 6.04 Å². The van der Waals surface area contributed by atoms with E-state index in [1.54, 1.807) is 44.9 Å². The summed E-state index contributed by atoms with van der Waals surface area (Å²) in [5.74, 6) is -1.57. The number of aliphatic hydroxyl groups excluding tert-OH is 1. The number of hydrogen-bond acceptors (Lipinski definition) is 8. The summed E-state index contributed by atoms with van der Waals surface area (Å²) in [5.41, 5.74) is 0.711. The van der Waals surface area contributed by atoms with Crippen molar-refractivity contribution >= 4 is 23.6 Å². The van der Waals surface area contributed by atoms with Crippen molar-refractivity contribution in [3.63, 3.8) is 0 Å². The van der Waals surface area contributed by atoms with Gasteiger partial charge in [-0.2, -0.15) is 0 Å². The molecular formula is C44H81N5O7. The van der Waals surface area contributed by atoms with Gasteiger partial charge in [-0.05, 0) is 57.2 Å². The molecule has 1 heterocycles. The molecule has 10 atom stereocenters. The Morgan fingerprint density at radius 3 is 1.89 bits per heavy atom. The maximum atomic E-state index is 14.2. The molecule has 56 heavy (non-hydrogen) atoms. The van der Waals surface area contributed by atoms with Crippen molar-refractivity contribution in [1.29, 1.82) is 0 Å². The zero-order valence-corrected chi connectivity index (χ0v) is 38.1. The van der Waals surface area contributed by atoms with Gasteiger partial charge in [0.15, 0.2) is 0 Å². The van der Waals surface area contributed by atoms with Gasteiger partial charge in [-0.15, -0.1) is 0 Å². The summed E-state index contributed by atoms with van der Waals surface area (Å²) in [6.07, 6.45) is 0.148. The molecule has 1 fully saturated rings. The third kappa shape index (κ3) is 14.7. The Kier molecular flexibility index (Phi) is 25.3. The average molecular weight is 792 g/mol. The Labute approximate surface area is 340 Å². The van der Waals surface area contributed by atoms with Crippen LogP contribution in [0.4, 0.5) is 0 Å². The molecule has 0 spiro atoms. The molecule has 0 radical (unpaired) electrons. The van der Waals surface area contributed by atoms with Crippen LogP contribution in [0.15, 0.2) is 30.3 Å². The summed E-state index contributed by atoms with van der Waals surface area (Å²) in [6.45, 7) is 24.0. The Balaban J connectivity index is 0.00000731. The van der Waals surface area contributed by atoms with E-state index in [-0.39, 0.29) is 53.8 Å². The molecule has 1 aliphatic heterocycles. The van der Waals surface area contributed by atoms with E-state index in [9.17, 15) is 24.3 Å². The van der Waals surface area contributed by atoms with E-state index in [0.29, 0.717) is 18.5 Å². The second-order valence-corrected chi connectivity index (χ2v) is 15.6. The first-order chi connectivity index (χ1) is 26.4. The van der Waals surface area contributed by atoms with Crippen molar-refractivity contribution in [2.24, 2.45) is 23.7 Å². The number of ether oxygens (including phenoxy) is 2. The van der Waals surface area contributed by atoms with E-state index < -0.39 is 48.4 Å². The highest BCUT2D eigenvalue weighted by molar-refractivity contribution is 5.90. The van der Waals surface area contributed by atoms with Crippen LogP contribution in [0.1, 0.15) is 120 Å². The average Bonchev–Trinajstić information content (AvgIpc) is 3.67. The highest BCUT2D eigenvalue weighted by atomic mass is 16.5. The molecule has 1 aromatic carbocycles. The maximum absolute atomic E-state index is 14.2. The van der Waals surface area contributed by atoms with Crippen LogP contribution in [-0.4, -0.2) is 128 Å². The molecule has 1 saturated heterocycles. The van der Waals surface area contributed by atoms with Crippen molar-refractivity contribution < 1.29 is 33.8 Å². The van der Waals surface area contributed by atoms with Crippen LogP contribution < -0.4 is 10.6 Å². The van der Waals surface area contributed by atoms with Crippen LogP contribution in [-0.2, 0) is 28.7 Å². The Morgan fingerprint density at radius 2 is 1.43 bits per heavy atom. The van der Waals surface area contributed by atoms with E-state index in [1.165, 1.54) is 0 Å². The van der Waals surface area contributed by atoms with Crippen LogP contribution in [0, 0.1) is 23.7 Å². The molecule has 2 rings (SSSR count). The second kappa shape index (κ2) is 26.8. The van der Waals surface area contributed by atoms with E-state index in [4.69, 9.17) is 9.47 Å². The minimum Gasteiger partial charge on any atom is -0.386 e. The van der Waals surface area contributed by atoms with E-state index >= 15 is 0 Å². The third-order valence-electron chi connectivity index (χ3n) is 10.9. The van der Waals surface area contributed by atoms with Crippen LogP contribution in [0.5, 0.6) is 0 Å². The van der Waals surface area contributed by atoms with Crippen LogP contribution in [0.2, 0.25) is 0 Å². The van der Waals surface area contributed by atoms with Crippen molar-refractivity contribution in [2.45, 2.75) is 157 Å². The number of likely N-dealkylation sites (tertiary alicyclic amines) is 1. The highest BCUT2D eigenvalue weighted by Crippen LogP contribution is 2.30. The van der Waals surface area contributed by atoms with Gasteiger partial charge >= 0.3 is 0 Å². The lowest BCUT2D eigenvalue weighted by Gasteiger charge is -2.41. The van der Waals surface area contributed by atoms with Crippen molar-refractivity contribution in [2.75, 3.05) is 41.9 Å². The number of benzene rings is 1. The molecule has 1 aliphatic rings. The van der Waals surface area contributed by atoms with E-state index in [1.807, 2.05) is 119 Å². The maximum Gasteiger partial charge on any atom is 0.245 e. The summed E-state index contributed by atoms with van der Waals surface area (Å²) < 4.78 is 11.9. The lowest BCUT2D eigenvalue weighted by molar-refractivity contribution is -0.148. The van der Waals surface area contributed by atoms with E-state index in [2.05, 4.69) is 10.6 Å². The summed E-state index contributed by atoms with van der Waals surface area (Å²) in [5, 5.41) is 16.8.